The van der Waals surface area contributed by atoms with Crippen molar-refractivity contribution in [2.45, 2.75) is 63.5 Å². The van der Waals surface area contributed by atoms with Crippen LogP contribution in [0.5, 0.6) is 0 Å². The first kappa shape index (κ1) is 21.8. The summed E-state index contributed by atoms with van der Waals surface area (Å²) in [6.07, 6.45) is 11.1. The standard InChI is InChI=1S/C27H30N6O3/c34-25(29-21(14-4-5-14)15-6-7-15)20-13-28-27(36-20)19-3-1-2-18(12-19)23-31-24(33-32-23)26(35)30-22(16-8-9-16)17-10-11-17/h1-3,12-17,21-22H,4-11H2,(H,29,34)(H,30,35)(H,31,32,33). The summed E-state index contributed by atoms with van der Waals surface area (Å²) in [5, 5.41) is 14.6. The zero-order valence-corrected chi connectivity index (χ0v) is 20.1. The van der Waals surface area contributed by atoms with Crippen molar-refractivity contribution in [3.63, 3.8) is 0 Å². The highest BCUT2D eigenvalue weighted by atomic mass is 16.4. The van der Waals surface area contributed by atoms with Crippen LogP contribution in [0.15, 0.2) is 34.9 Å². The molecule has 2 amide bonds. The average molecular weight is 487 g/mol. The molecule has 3 aromatic rings. The van der Waals surface area contributed by atoms with Gasteiger partial charge in [-0.15, -0.1) is 10.2 Å². The fraction of sp³-hybridized carbons (Fsp3) is 0.519. The highest BCUT2D eigenvalue weighted by Gasteiger charge is 2.43. The maximum Gasteiger partial charge on any atom is 0.289 e. The number of carbonyl (C=O) groups is 2. The van der Waals surface area contributed by atoms with Crippen LogP contribution >= 0.6 is 0 Å². The van der Waals surface area contributed by atoms with E-state index in [2.05, 4.69) is 30.8 Å². The molecule has 9 heteroatoms. The van der Waals surface area contributed by atoms with Crippen LogP contribution in [0, 0.1) is 23.7 Å². The number of oxazole rings is 1. The molecule has 0 aliphatic heterocycles. The number of carbonyl (C=O) groups excluding carboxylic acids is 2. The van der Waals surface area contributed by atoms with E-state index in [1.807, 2.05) is 24.3 Å². The number of amides is 2. The Bertz CT molecular complexity index is 1180. The quantitative estimate of drug-likeness (QED) is 0.398. The third kappa shape index (κ3) is 4.54. The van der Waals surface area contributed by atoms with E-state index in [0.29, 0.717) is 35.4 Å². The first-order chi connectivity index (χ1) is 17.6. The largest absolute Gasteiger partial charge is 0.431 e. The Morgan fingerprint density at radius 3 is 2.03 bits per heavy atom. The van der Waals surface area contributed by atoms with E-state index in [1.54, 1.807) is 0 Å². The minimum absolute atomic E-state index is 0.199. The van der Waals surface area contributed by atoms with Gasteiger partial charge in [0.2, 0.25) is 17.5 Å². The molecule has 7 rings (SSSR count). The molecule has 4 fully saturated rings. The molecular formula is C27H30N6O3. The van der Waals surface area contributed by atoms with Crippen LogP contribution in [0.1, 0.15) is 72.5 Å². The van der Waals surface area contributed by atoms with E-state index in [-0.39, 0.29) is 35.5 Å². The van der Waals surface area contributed by atoms with E-state index < -0.39 is 0 Å². The van der Waals surface area contributed by atoms with Gasteiger partial charge in [0.05, 0.1) is 6.20 Å². The molecule has 4 aliphatic rings. The maximum absolute atomic E-state index is 12.8. The van der Waals surface area contributed by atoms with Gasteiger partial charge in [0.25, 0.3) is 11.8 Å². The van der Waals surface area contributed by atoms with Gasteiger partial charge in [0.15, 0.2) is 5.82 Å². The van der Waals surface area contributed by atoms with Crippen LogP contribution in [-0.2, 0) is 0 Å². The summed E-state index contributed by atoms with van der Waals surface area (Å²) in [7, 11) is 0. The Morgan fingerprint density at radius 2 is 1.42 bits per heavy atom. The van der Waals surface area contributed by atoms with Gasteiger partial charge in [-0.3, -0.25) is 9.59 Å². The van der Waals surface area contributed by atoms with Gasteiger partial charge in [0.1, 0.15) is 0 Å². The van der Waals surface area contributed by atoms with E-state index in [1.165, 1.54) is 57.6 Å². The molecule has 1 aromatic carbocycles. The highest BCUT2D eigenvalue weighted by molar-refractivity contribution is 5.92. The second kappa shape index (κ2) is 8.57. The monoisotopic (exact) mass is 486 g/mol. The van der Waals surface area contributed by atoms with Gasteiger partial charge in [-0.25, -0.2) is 4.98 Å². The molecular weight excluding hydrogens is 456 g/mol. The van der Waals surface area contributed by atoms with Crippen molar-refractivity contribution >= 4 is 11.8 Å². The van der Waals surface area contributed by atoms with Crippen molar-refractivity contribution in [2.75, 3.05) is 0 Å². The summed E-state index contributed by atoms with van der Waals surface area (Å²) in [6, 6.07) is 8.00. The molecule has 2 heterocycles. The van der Waals surface area contributed by atoms with E-state index in [4.69, 9.17) is 4.42 Å². The summed E-state index contributed by atoms with van der Waals surface area (Å²) in [5.41, 5.74) is 1.48. The van der Waals surface area contributed by atoms with Crippen LogP contribution in [0.2, 0.25) is 0 Å². The van der Waals surface area contributed by atoms with Crippen molar-refractivity contribution < 1.29 is 14.0 Å². The molecule has 0 unspecified atom stereocenters. The predicted molar refractivity (Wildman–Crippen MR) is 131 cm³/mol. The highest BCUT2D eigenvalue weighted by Crippen LogP contribution is 2.45. The fourth-order valence-electron chi connectivity index (χ4n) is 5.31. The Hall–Kier alpha value is -3.49. The zero-order valence-electron chi connectivity index (χ0n) is 20.1. The van der Waals surface area contributed by atoms with Gasteiger partial charge in [0, 0.05) is 23.2 Å². The molecule has 0 bridgehead atoms. The molecule has 9 nitrogen and oxygen atoms in total. The van der Waals surface area contributed by atoms with Crippen molar-refractivity contribution in [1.82, 2.24) is 30.8 Å². The molecule has 0 radical (unpaired) electrons. The second-order valence-corrected chi connectivity index (χ2v) is 11.0. The third-order valence-corrected chi connectivity index (χ3v) is 7.93. The molecule has 36 heavy (non-hydrogen) atoms. The molecule has 4 aliphatic carbocycles. The maximum atomic E-state index is 12.8. The minimum Gasteiger partial charge on any atom is -0.431 e. The second-order valence-electron chi connectivity index (χ2n) is 11.0. The first-order valence-electron chi connectivity index (χ1n) is 13.2. The lowest BCUT2D eigenvalue weighted by Crippen LogP contribution is -2.38. The van der Waals surface area contributed by atoms with Crippen LogP contribution in [0.25, 0.3) is 22.8 Å². The summed E-state index contributed by atoms with van der Waals surface area (Å²) < 4.78 is 5.83. The zero-order chi connectivity index (χ0) is 24.2. The number of benzene rings is 1. The number of hydrogen-bond acceptors (Lipinski definition) is 6. The number of hydrogen-bond donors (Lipinski definition) is 3. The normalized spacial score (nSPS) is 19.6. The van der Waals surface area contributed by atoms with E-state index in [0.717, 1.165) is 11.1 Å². The molecule has 186 valence electrons. The number of H-pyrrole nitrogens is 1. The Labute approximate surface area is 208 Å². The van der Waals surface area contributed by atoms with Gasteiger partial charge < -0.3 is 20.0 Å². The Kier molecular flexibility index (Phi) is 5.18. The van der Waals surface area contributed by atoms with Crippen LogP contribution in [0.4, 0.5) is 0 Å². The first-order valence-corrected chi connectivity index (χ1v) is 13.2. The van der Waals surface area contributed by atoms with Crippen LogP contribution < -0.4 is 10.6 Å². The number of rotatable bonds is 10. The van der Waals surface area contributed by atoms with Crippen LogP contribution in [-0.4, -0.2) is 44.1 Å². The predicted octanol–water partition coefficient (Wildman–Crippen LogP) is 3.96. The number of aromatic nitrogens is 4. The summed E-state index contributed by atoms with van der Waals surface area (Å²) >= 11 is 0. The molecule has 4 saturated carbocycles. The SMILES string of the molecule is O=C(NC(C1CC1)C1CC1)c1nnc(-c2cccc(-c3ncc(C(=O)NC(C4CC4)C4CC4)o3)c2)[nH]1. The molecule has 0 atom stereocenters. The van der Waals surface area contributed by atoms with Crippen LogP contribution in [0.3, 0.4) is 0 Å². The topological polar surface area (TPSA) is 126 Å². The van der Waals surface area contributed by atoms with Crippen molar-refractivity contribution in [2.24, 2.45) is 23.7 Å². The van der Waals surface area contributed by atoms with Crippen molar-refractivity contribution in [3.8, 4) is 22.8 Å². The molecule has 3 N–H and O–H groups in total. The number of nitrogens with zero attached hydrogens (tertiary/aromatic N) is 3. The van der Waals surface area contributed by atoms with Gasteiger partial charge >= 0.3 is 0 Å². The van der Waals surface area contributed by atoms with Crippen molar-refractivity contribution in [1.29, 1.82) is 0 Å². The molecule has 2 aromatic heterocycles. The van der Waals surface area contributed by atoms with Gasteiger partial charge in [-0.2, -0.15) is 0 Å². The summed E-state index contributed by atoms with van der Waals surface area (Å²) in [4.78, 5) is 33.0. The Balaban J connectivity index is 1.04. The summed E-state index contributed by atoms with van der Waals surface area (Å²) in [6.45, 7) is 0. The lowest BCUT2D eigenvalue weighted by atomic mass is 10.1. The lowest BCUT2D eigenvalue weighted by molar-refractivity contribution is 0.0896. The fourth-order valence-corrected chi connectivity index (χ4v) is 5.31. The lowest BCUT2D eigenvalue weighted by Gasteiger charge is -2.16. The van der Waals surface area contributed by atoms with Gasteiger partial charge in [-0.1, -0.05) is 12.1 Å². The number of aromatic amines is 1. The number of nitrogens with one attached hydrogen (secondary N) is 3. The van der Waals surface area contributed by atoms with Gasteiger partial charge in [-0.05, 0) is 87.2 Å². The summed E-state index contributed by atoms with van der Waals surface area (Å²) in [5.74, 6) is 3.36. The smallest absolute Gasteiger partial charge is 0.289 e. The Morgan fingerprint density at radius 1 is 0.833 bits per heavy atom. The third-order valence-electron chi connectivity index (χ3n) is 7.93. The molecule has 0 spiro atoms. The minimum atomic E-state index is -0.201. The molecule has 0 saturated heterocycles. The van der Waals surface area contributed by atoms with E-state index in [9.17, 15) is 9.59 Å². The average Bonchev–Trinajstić information content (AvgIpc) is 3.70. The van der Waals surface area contributed by atoms with Crippen molar-refractivity contribution in [3.05, 3.63) is 42.0 Å². The van der Waals surface area contributed by atoms with E-state index >= 15 is 0 Å².